The number of hydrogen-bond donors (Lipinski definition) is 1. The number of nitrogens with one attached hydrogen (secondary N) is 1. The molecule has 0 aromatic carbocycles. The van der Waals surface area contributed by atoms with Crippen molar-refractivity contribution in [2.75, 3.05) is 0 Å². The van der Waals surface area contributed by atoms with Gasteiger partial charge in [0.15, 0.2) is 0 Å². The van der Waals surface area contributed by atoms with Gasteiger partial charge >= 0.3 is 0 Å². The molecule has 2 rings (SSSR count). The molecule has 0 spiro atoms. The molecule has 1 aromatic heterocycles. The van der Waals surface area contributed by atoms with Crippen LogP contribution in [0, 0.1) is 5.82 Å². The van der Waals surface area contributed by atoms with Crippen LogP contribution in [0.3, 0.4) is 0 Å². The molecule has 1 N–H and O–H groups in total. The van der Waals surface area contributed by atoms with Crippen molar-refractivity contribution >= 4 is 5.91 Å². The summed E-state index contributed by atoms with van der Waals surface area (Å²) in [6, 6.07) is 1.45. The van der Waals surface area contributed by atoms with E-state index in [1.807, 2.05) is 0 Å². The van der Waals surface area contributed by atoms with Crippen LogP contribution in [0.15, 0.2) is 18.5 Å². The topological polar surface area (TPSA) is 42.0 Å². The first kappa shape index (κ1) is 12.0. The van der Waals surface area contributed by atoms with Gasteiger partial charge in [0.1, 0.15) is 5.82 Å². The fraction of sp³-hybridized carbons (Fsp3) is 0.538. The van der Waals surface area contributed by atoms with Gasteiger partial charge in [-0.25, -0.2) is 4.39 Å². The van der Waals surface area contributed by atoms with E-state index in [-0.39, 0.29) is 11.9 Å². The van der Waals surface area contributed by atoms with Crippen molar-refractivity contribution in [3.05, 3.63) is 29.8 Å². The van der Waals surface area contributed by atoms with Gasteiger partial charge in [0, 0.05) is 12.2 Å². The molecule has 1 saturated carbocycles. The zero-order valence-corrected chi connectivity index (χ0v) is 9.79. The van der Waals surface area contributed by atoms with Crippen molar-refractivity contribution in [1.82, 2.24) is 10.3 Å². The average Bonchev–Trinajstić information content (AvgIpc) is 2.57. The van der Waals surface area contributed by atoms with Crippen LogP contribution in [0.2, 0.25) is 0 Å². The van der Waals surface area contributed by atoms with E-state index in [1.54, 1.807) is 0 Å². The molecule has 0 aliphatic heterocycles. The molecule has 0 saturated heterocycles. The van der Waals surface area contributed by atoms with Gasteiger partial charge in [-0.2, -0.15) is 0 Å². The lowest BCUT2D eigenvalue weighted by Crippen LogP contribution is -2.34. The maximum atomic E-state index is 12.9. The van der Waals surface area contributed by atoms with E-state index in [2.05, 4.69) is 10.3 Å². The van der Waals surface area contributed by atoms with Crippen LogP contribution < -0.4 is 5.32 Å². The molecule has 1 fully saturated rings. The number of carbonyl (C=O) groups excluding carboxylic acids is 1. The Hall–Kier alpha value is -1.45. The highest BCUT2D eigenvalue weighted by molar-refractivity contribution is 5.94. The summed E-state index contributed by atoms with van der Waals surface area (Å²) in [6.07, 6.45) is 9.35. The third kappa shape index (κ3) is 3.51. The van der Waals surface area contributed by atoms with Gasteiger partial charge in [-0.15, -0.1) is 0 Å². The zero-order valence-electron chi connectivity index (χ0n) is 9.79. The average molecular weight is 236 g/mol. The Bertz CT molecular complexity index is 387. The lowest BCUT2D eigenvalue weighted by atomic mass is 10.1. The molecule has 0 atom stereocenters. The molecule has 1 aromatic rings. The lowest BCUT2D eigenvalue weighted by Gasteiger charge is -2.15. The Morgan fingerprint density at radius 1 is 1.24 bits per heavy atom. The highest BCUT2D eigenvalue weighted by Gasteiger charge is 2.16. The van der Waals surface area contributed by atoms with Crippen molar-refractivity contribution in [2.45, 2.75) is 44.6 Å². The van der Waals surface area contributed by atoms with Crippen LogP contribution in [0.5, 0.6) is 0 Å². The first-order chi connectivity index (χ1) is 8.25. The van der Waals surface area contributed by atoms with Crippen LogP contribution in [0.1, 0.15) is 48.9 Å². The second-order valence-electron chi connectivity index (χ2n) is 4.55. The van der Waals surface area contributed by atoms with E-state index >= 15 is 0 Å². The van der Waals surface area contributed by atoms with Crippen LogP contribution in [-0.2, 0) is 0 Å². The number of hydrogen-bond acceptors (Lipinski definition) is 2. The fourth-order valence-corrected chi connectivity index (χ4v) is 2.23. The molecular weight excluding hydrogens is 219 g/mol. The Labute approximate surface area is 100 Å². The number of rotatable bonds is 2. The number of amides is 1. The second kappa shape index (κ2) is 5.75. The van der Waals surface area contributed by atoms with Crippen LogP contribution in [0.25, 0.3) is 0 Å². The SMILES string of the molecule is O=C(NC1CCCCCC1)c1cncc(F)c1. The number of aromatic nitrogens is 1. The largest absolute Gasteiger partial charge is 0.349 e. The molecule has 1 aliphatic carbocycles. The second-order valence-corrected chi connectivity index (χ2v) is 4.55. The van der Waals surface area contributed by atoms with Gasteiger partial charge in [-0.3, -0.25) is 9.78 Å². The van der Waals surface area contributed by atoms with Crippen LogP contribution >= 0.6 is 0 Å². The van der Waals surface area contributed by atoms with Gasteiger partial charge in [-0.05, 0) is 18.9 Å². The molecule has 0 bridgehead atoms. The van der Waals surface area contributed by atoms with Crippen LogP contribution in [0.4, 0.5) is 4.39 Å². The standard InChI is InChI=1S/C13H17FN2O/c14-11-7-10(8-15-9-11)13(17)16-12-5-3-1-2-4-6-12/h7-9,12H,1-6H2,(H,16,17). The smallest absolute Gasteiger partial charge is 0.253 e. The van der Waals surface area contributed by atoms with Crippen molar-refractivity contribution in [1.29, 1.82) is 0 Å². The minimum Gasteiger partial charge on any atom is -0.349 e. The molecule has 92 valence electrons. The maximum Gasteiger partial charge on any atom is 0.253 e. The first-order valence-corrected chi connectivity index (χ1v) is 6.17. The molecule has 1 heterocycles. The summed E-state index contributed by atoms with van der Waals surface area (Å²) in [7, 11) is 0. The van der Waals surface area contributed by atoms with E-state index in [1.165, 1.54) is 25.1 Å². The van der Waals surface area contributed by atoms with Crippen molar-refractivity contribution < 1.29 is 9.18 Å². The van der Waals surface area contributed by atoms with E-state index in [4.69, 9.17) is 0 Å². The third-order valence-electron chi connectivity index (χ3n) is 3.16. The molecule has 1 amide bonds. The summed E-state index contributed by atoms with van der Waals surface area (Å²) < 4.78 is 12.9. The minimum absolute atomic E-state index is 0.219. The first-order valence-electron chi connectivity index (χ1n) is 6.17. The van der Waals surface area contributed by atoms with Gasteiger partial charge in [-0.1, -0.05) is 25.7 Å². The number of carbonyl (C=O) groups is 1. The molecule has 0 unspecified atom stereocenters. The zero-order chi connectivity index (χ0) is 12.1. The molecule has 3 nitrogen and oxygen atoms in total. The van der Waals surface area contributed by atoms with Gasteiger partial charge in [0.05, 0.1) is 11.8 Å². The van der Waals surface area contributed by atoms with Gasteiger partial charge in [0.25, 0.3) is 5.91 Å². The number of pyridine rings is 1. The minimum atomic E-state index is -0.474. The van der Waals surface area contributed by atoms with Crippen molar-refractivity contribution in [3.63, 3.8) is 0 Å². The highest BCUT2D eigenvalue weighted by atomic mass is 19.1. The Kier molecular flexibility index (Phi) is 4.07. The van der Waals surface area contributed by atoms with Crippen LogP contribution in [-0.4, -0.2) is 16.9 Å². The monoisotopic (exact) mass is 236 g/mol. The third-order valence-corrected chi connectivity index (χ3v) is 3.16. The predicted molar refractivity (Wildman–Crippen MR) is 63.2 cm³/mol. The maximum absolute atomic E-state index is 12.9. The number of nitrogens with zero attached hydrogens (tertiary/aromatic N) is 1. The fourth-order valence-electron chi connectivity index (χ4n) is 2.23. The molecular formula is C13H17FN2O. The summed E-state index contributed by atoms with van der Waals surface area (Å²) in [5.74, 6) is -0.692. The van der Waals surface area contributed by atoms with E-state index < -0.39 is 5.82 Å². The lowest BCUT2D eigenvalue weighted by molar-refractivity contribution is 0.0932. The van der Waals surface area contributed by atoms with E-state index in [9.17, 15) is 9.18 Å². The molecule has 17 heavy (non-hydrogen) atoms. The van der Waals surface area contributed by atoms with Crippen molar-refractivity contribution in [3.8, 4) is 0 Å². The van der Waals surface area contributed by atoms with Gasteiger partial charge in [0.2, 0.25) is 0 Å². The summed E-state index contributed by atoms with van der Waals surface area (Å²) in [5, 5.41) is 2.96. The predicted octanol–water partition coefficient (Wildman–Crippen LogP) is 2.67. The summed E-state index contributed by atoms with van der Waals surface area (Å²) in [5.41, 5.74) is 0.300. The van der Waals surface area contributed by atoms with E-state index in [0.29, 0.717) is 5.56 Å². The Balaban J connectivity index is 1.96. The molecule has 4 heteroatoms. The number of halogens is 1. The highest BCUT2D eigenvalue weighted by Crippen LogP contribution is 2.17. The quantitative estimate of drug-likeness (QED) is 0.802. The summed E-state index contributed by atoms with van der Waals surface area (Å²) >= 11 is 0. The molecule has 1 aliphatic rings. The van der Waals surface area contributed by atoms with E-state index in [0.717, 1.165) is 31.9 Å². The Morgan fingerprint density at radius 2 is 1.94 bits per heavy atom. The normalized spacial score (nSPS) is 17.5. The van der Waals surface area contributed by atoms with Crippen molar-refractivity contribution in [2.24, 2.45) is 0 Å². The summed E-state index contributed by atoms with van der Waals surface area (Å²) in [4.78, 5) is 15.5. The summed E-state index contributed by atoms with van der Waals surface area (Å²) in [6.45, 7) is 0. The Morgan fingerprint density at radius 3 is 2.59 bits per heavy atom. The molecule has 0 radical (unpaired) electrons. The van der Waals surface area contributed by atoms with Gasteiger partial charge < -0.3 is 5.32 Å².